The highest BCUT2D eigenvalue weighted by Gasteiger charge is 2.31. The maximum Gasteiger partial charge on any atom is 0.573 e. The van der Waals surface area contributed by atoms with Crippen LogP contribution in [0.3, 0.4) is 0 Å². The number of benzene rings is 3. The number of amides is 2. The number of ether oxygens (including phenoxy) is 2. The summed E-state index contributed by atoms with van der Waals surface area (Å²) in [6.45, 7) is 0.554. The van der Waals surface area contributed by atoms with Gasteiger partial charge in [-0.1, -0.05) is 48.5 Å². The molecule has 3 aromatic carbocycles. The molecule has 0 aliphatic carbocycles. The molecule has 1 aliphatic rings. The lowest BCUT2D eigenvalue weighted by atomic mass is 10.1. The van der Waals surface area contributed by atoms with Crippen LogP contribution < -0.4 is 20.1 Å². The molecule has 1 aliphatic heterocycles. The first-order chi connectivity index (χ1) is 18.7. The quantitative estimate of drug-likeness (QED) is 0.327. The van der Waals surface area contributed by atoms with Crippen LogP contribution in [0.2, 0.25) is 0 Å². The molecule has 4 aromatic rings. The van der Waals surface area contributed by atoms with E-state index in [1.165, 1.54) is 22.9 Å². The Bertz CT molecular complexity index is 1490. The molecule has 8 nitrogen and oxygen atoms in total. The first-order valence-corrected chi connectivity index (χ1v) is 12.0. The number of hydrogen-bond donors (Lipinski definition) is 2. The predicted molar refractivity (Wildman–Crippen MR) is 136 cm³/mol. The highest BCUT2D eigenvalue weighted by atomic mass is 19.4. The topological polar surface area (TPSA) is 94.5 Å². The van der Waals surface area contributed by atoms with Crippen molar-refractivity contribution in [1.82, 2.24) is 15.1 Å². The van der Waals surface area contributed by atoms with E-state index in [9.17, 15) is 22.8 Å². The van der Waals surface area contributed by atoms with Gasteiger partial charge in [-0.15, -0.1) is 18.3 Å². The Balaban J connectivity index is 1.47. The zero-order valence-electron chi connectivity index (χ0n) is 20.4. The zero-order chi connectivity index (χ0) is 27.4. The van der Waals surface area contributed by atoms with Gasteiger partial charge in [0, 0.05) is 30.7 Å². The lowest BCUT2D eigenvalue weighted by Crippen LogP contribution is -2.24. The standard InChI is InChI=1S/C28H23F3N4O4/c29-28(30,31)39-23-11-4-8-19(12-23)24-15-25(33-27(37)20-13-26(36)32-16-20)34-35(24)21-9-5-10-22(14-21)38-17-18-6-2-1-3-7-18/h1-12,14-15,20H,13,16-17H2,(H,32,36)(H,33,34,37)/t20-/m1/s1. The summed E-state index contributed by atoms with van der Waals surface area (Å²) in [5.41, 5.74) is 2.31. The molecule has 11 heteroatoms. The average Bonchev–Trinajstić information content (AvgIpc) is 3.54. The number of alkyl halides is 3. The number of nitrogens with one attached hydrogen (secondary N) is 2. The second kappa shape index (κ2) is 10.9. The largest absolute Gasteiger partial charge is 0.573 e. The predicted octanol–water partition coefficient (Wildman–Crippen LogP) is 5.09. The van der Waals surface area contributed by atoms with Crippen LogP contribution in [0.4, 0.5) is 19.0 Å². The molecule has 0 saturated carbocycles. The summed E-state index contributed by atoms with van der Waals surface area (Å²) < 4.78 is 50.1. The number of halogens is 3. The number of anilines is 1. The van der Waals surface area contributed by atoms with E-state index in [0.717, 1.165) is 5.56 Å². The third-order valence-electron chi connectivity index (χ3n) is 5.98. The summed E-state index contributed by atoms with van der Waals surface area (Å²) in [7, 11) is 0. The van der Waals surface area contributed by atoms with E-state index < -0.39 is 23.9 Å². The lowest BCUT2D eigenvalue weighted by molar-refractivity contribution is -0.274. The van der Waals surface area contributed by atoms with Crippen LogP contribution in [0, 0.1) is 5.92 Å². The van der Waals surface area contributed by atoms with Gasteiger partial charge in [0.05, 0.1) is 17.3 Å². The van der Waals surface area contributed by atoms with Crippen molar-refractivity contribution in [2.45, 2.75) is 19.4 Å². The third-order valence-corrected chi connectivity index (χ3v) is 5.98. The maximum absolute atomic E-state index is 12.9. The minimum absolute atomic E-state index is 0.0665. The molecule has 0 radical (unpaired) electrons. The molecule has 1 fully saturated rings. The minimum Gasteiger partial charge on any atom is -0.489 e. The monoisotopic (exact) mass is 536 g/mol. The smallest absolute Gasteiger partial charge is 0.489 e. The Hall–Kier alpha value is -4.80. The Morgan fingerprint density at radius 2 is 1.77 bits per heavy atom. The summed E-state index contributed by atoms with van der Waals surface area (Å²) in [6, 6.07) is 23.7. The van der Waals surface area contributed by atoms with Crippen molar-refractivity contribution in [3.63, 3.8) is 0 Å². The molecule has 200 valence electrons. The number of nitrogens with zero attached hydrogens (tertiary/aromatic N) is 2. The molecule has 2 amide bonds. The van der Waals surface area contributed by atoms with Gasteiger partial charge in [-0.05, 0) is 29.8 Å². The van der Waals surface area contributed by atoms with Crippen LogP contribution in [0.1, 0.15) is 12.0 Å². The van der Waals surface area contributed by atoms with Crippen LogP contribution in [0.15, 0.2) is 84.9 Å². The molecular formula is C28H23F3N4O4. The molecule has 39 heavy (non-hydrogen) atoms. The van der Waals surface area contributed by atoms with Crippen molar-refractivity contribution in [1.29, 1.82) is 0 Å². The fourth-order valence-electron chi connectivity index (χ4n) is 4.16. The van der Waals surface area contributed by atoms with Gasteiger partial charge in [0.15, 0.2) is 5.82 Å². The Morgan fingerprint density at radius 3 is 2.51 bits per heavy atom. The van der Waals surface area contributed by atoms with Crippen molar-refractivity contribution in [2.75, 3.05) is 11.9 Å². The van der Waals surface area contributed by atoms with Gasteiger partial charge in [-0.3, -0.25) is 9.59 Å². The fourth-order valence-corrected chi connectivity index (χ4v) is 4.16. The molecule has 1 saturated heterocycles. The molecule has 0 bridgehead atoms. The Morgan fingerprint density at radius 1 is 1.00 bits per heavy atom. The Kier molecular flexibility index (Phi) is 7.22. The number of carbonyl (C=O) groups is 2. The SMILES string of the molecule is O=C1C[C@@H](C(=O)Nc2cc(-c3cccc(OC(F)(F)F)c3)n(-c3cccc(OCc4ccccc4)c3)n2)CN1. The van der Waals surface area contributed by atoms with Gasteiger partial charge in [0.2, 0.25) is 11.8 Å². The van der Waals surface area contributed by atoms with Crippen molar-refractivity contribution in [3.8, 4) is 28.4 Å². The van der Waals surface area contributed by atoms with Crippen molar-refractivity contribution in [2.24, 2.45) is 5.92 Å². The van der Waals surface area contributed by atoms with Gasteiger partial charge in [0.1, 0.15) is 18.1 Å². The number of rotatable bonds is 8. The summed E-state index contributed by atoms with van der Waals surface area (Å²) in [6.07, 6.45) is -4.79. The average molecular weight is 537 g/mol. The molecule has 0 spiro atoms. The second-order valence-electron chi connectivity index (χ2n) is 8.87. The van der Waals surface area contributed by atoms with Crippen molar-refractivity contribution in [3.05, 3.63) is 90.5 Å². The van der Waals surface area contributed by atoms with Crippen molar-refractivity contribution >= 4 is 17.6 Å². The number of hydrogen-bond acceptors (Lipinski definition) is 5. The number of aromatic nitrogens is 2. The van der Waals surface area contributed by atoms with Gasteiger partial charge < -0.3 is 20.1 Å². The summed E-state index contributed by atoms with van der Waals surface area (Å²) >= 11 is 0. The summed E-state index contributed by atoms with van der Waals surface area (Å²) in [5, 5.41) is 9.84. The van der Waals surface area contributed by atoms with E-state index in [4.69, 9.17) is 4.74 Å². The highest BCUT2D eigenvalue weighted by Crippen LogP contribution is 2.32. The van der Waals surface area contributed by atoms with Gasteiger partial charge in [-0.2, -0.15) is 0 Å². The molecule has 2 heterocycles. The van der Waals surface area contributed by atoms with Crippen LogP contribution in [-0.4, -0.2) is 34.5 Å². The van der Waals surface area contributed by atoms with E-state index in [2.05, 4.69) is 20.5 Å². The molecule has 1 atom stereocenters. The van der Waals surface area contributed by atoms with Gasteiger partial charge in [-0.25, -0.2) is 4.68 Å². The number of carbonyl (C=O) groups excluding carboxylic acids is 2. The van der Waals surface area contributed by atoms with Crippen LogP contribution >= 0.6 is 0 Å². The summed E-state index contributed by atoms with van der Waals surface area (Å²) in [4.78, 5) is 24.3. The van der Waals surface area contributed by atoms with E-state index >= 15 is 0 Å². The molecule has 2 N–H and O–H groups in total. The van der Waals surface area contributed by atoms with E-state index in [1.807, 2.05) is 30.3 Å². The summed E-state index contributed by atoms with van der Waals surface area (Å²) in [5.74, 6) is -0.827. The van der Waals surface area contributed by atoms with Gasteiger partial charge >= 0.3 is 6.36 Å². The van der Waals surface area contributed by atoms with E-state index in [-0.39, 0.29) is 24.7 Å². The van der Waals surface area contributed by atoms with Crippen LogP contribution in [-0.2, 0) is 16.2 Å². The molecule has 5 rings (SSSR count). The van der Waals surface area contributed by atoms with E-state index in [0.29, 0.717) is 29.3 Å². The first kappa shape index (κ1) is 25.8. The van der Waals surface area contributed by atoms with Crippen LogP contribution in [0.25, 0.3) is 16.9 Å². The normalized spacial score (nSPS) is 15.1. The van der Waals surface area contributed by atoms with E-state index in [1.54, 1.807) is 36.4 Å². The molecular weight excluding hydrogens is 513 g/mol. The fraction of sp³-hybridized carbons (Fsp3) is 0.179. The lowest BCUT2D eigenvalue weighted by Gasteiger charge is -2.12. The molecule has 0 unspecified atom stereocenters. The first-order valence-electron chi connectivity index (χ1n) is 12.0. The van der Waals surface area contributed by atoms with Crippen molar-refractivity contribution < 1.29 is 32.2 Å². The second-order valence-corrected chi connectivity index (χ2v) is 8.87. The minimum atomic E-state index is -4.85. The Labute approximate surface area is 221 Å². The molecule has 1 aromatic heterocycles. The zero-order valence-corrected chi connectivity index (χ0v) is 20.4. The van der Waals surface area contributed by atoms with Crippen LogP contribution in [0.5, 0.6) is 11.5 Å². The highest BCUT2D eigenvalue weighted by molar-refractivity contribution is 5.97. The maximum atomic E-state index is 12.9. The third kappa shape index (κ3) is 6.56. The van der Waals surface area contributed by atoms with Gasteiger partial charge in [0.25, 0.3) is 0 Å².